The third kappa shape index (κ3) is 4.50. The minimum Gasteiger partial charge on any atom is -0.475 e. The van der Waals surface area contributed by atoms with Crippen LogP contribution < -0.4 is 15.0 Å². The largest absolute Gasteiger partial charge is 0.475 e. The van der Waals surface area contributed by atoms with E-state index in [-0.39, 0.29) is 6.04 Å². The minimum atomic E-state index is 0.152. The first-order chi connectivity index (χ1) is 16.3. The van der Waals surface area contributed by atoms with Crippen LogP contribution in [0, 0.1) is 0 Å². The molecule has 10 heteroatoms. The number of nitrogens with one attached hydrogen (secondary N) is 1. The molecule has 0 unspecified atom stereocenters. The number of morpholine rings is 1. The van der Waals surface area contributed by atoms with Gasteiger partial charge in [-0.25, -0.2) is 14.5 Å². The summed E-state index contributed by atoms with van der Waals surface area (Å²) in [6.45, 7) is 6.96. The highest BCUT2D eigenvalue weighted by Crippen LogP contribution is 2.33. The van der Waals surface area contributed by atoms with Crippen LogP contribution in [-0.2, 0) is 9.47 Å². The molecule has 1 aliphatic rings. The summed E-state index contributed by atoms with van der Waals surface area (Å²) >= 11 is 0. The highest BCUT2D eigenvalue weighted by atomic mass is 16.5. The lowest BCUT2D eigenvalue weighted by Gasteiger charge is -2.23. The summed E-state index contributed by atoms with van der Waals surface area (Å²) in [5.74, 6) is 2.06. The van der Waals surface area contributed by atoms with Crippen molar-refractivity contribution in [3.8, 4) is 17.3 Å². The first kappa shape index (κ1) is 21.6. The quantitative estimate of drug-likeness (QED) is 0.410. The molecular formula is C23H28N6O4. The molecule has 33 heavy (non-hydrogen) atoms. The normalized spacial score (nSPS) is 16.5. The van der Waals surface area contributed by atoms with Gasteiger partial charge in [0.05, 0.1) is 37.4 Å². The van der Waals surface area contributed by atoms with Gasteiger partial charge < -0.3 is 28.8 Å². The Morgan fingerprint density at radius 1 is 1.27 bits per heavy atom. The van der Waals surface area contributed by atoms with Crippen LogP contribution in [0.5, 0.6) is 5.88 Å². The smallest absolute Gasteiger partial charge is 0.231 e. The third-order valence-corrected chi connectivity index (χ3v) is 5.69. The van der Waals surface area contributed by atoms with Gasteiger partial charge in [0.25, 0.3) is 0 Å². The number of rotatable bonds is 9. The lowest BCUT2D eigenvalue weighted by molar-refractivity contribution is 0.0583. The summed E-state index contributed by atoms with van der Waals surface area (Å²) in [6.07, 6.45) is 3.53. The van der Waals surface area contributed by atoms with Gasteiger partial charge in [0, 0.05) is 39.0 Å². The van der Waals surface area contributed by atoms with E-state index in [9.17, 15) is 0 Å². The number of methoxy groups -OCH3 is 1. The van der Waals surface area contributed by atoms with Gasteiger partial charge in [0.15, 0.2) is 11.4 Å². The molecule has 1 atom stereocenters. The number of pyridine rings is 1. The number of ether oxygens (including phenoxy) is 3. The molecule has 0 amide bonds. The molecule has 0 bridgehead atoms. The van der Waals surface area contributed by atoms with Crippen LogP contribution in [0.2, 0.25) is 0 Å². The van der Waals surface area contributed by atoms with Gasteiger partial charge in [0.2, 0.25) is 5.88 Å². The monoisotopic (exact) mass is 452 g/mol. The summed E-state index contributed by atoms with van der Waals surface area (Å²) in [6, 6.07) is 7.73. The van der Waals surface area contributed by atoms with Crippen molar-refractivity contribution in [3.63, 3.8) is 0 Å². The molecule has 4 aromatic rings. The molecule has 0 aliphatic carbocycles. The van der Waals surface area contributed by atoms with Crippen LogP contribution in [-0.4, -0.2) is 78.8 Å². The summed E-state index contributed by atoms with van der Waals surface area (Å²) in [5.41, 5.74) is 2.22. The number of imidazole rings is 1. The number of hydrogen-bond donors (Lipinski definition) is 1. The zero-order chi connectivity index (χ0) is 22.6. The fraction of sp³-hybridized carbons (Fsp3) is 0.435. The molecule has 0 spiro atoms. The van der Waals surface area contributed by atoms with E-state index < -0.39 is 0 Å². The van der Waals surface area contributed by atoms with Crippen LogP contribution in [0.15, 0.2) is 41.1 Å². The van der Waals surface area contributed by atoms with Gasteiger partial charge in [-0.1, -0.05) is 0 Å². The average Bonchev–Trinajstić information content (AvgIpc) is 3.48. The van der Waals surface area contributed by atoms with Gasteiger partial charge in [0.1, 0.15) is 23.7 Å². The van der Waals surface area contributed by atoms with Crippen molar-refractivity contribution in [1.29, 1.82) is 0 Å². The Hall–Kier alpha value is -3.21. The molecule has 0 radical (unpaired) electrons. The van der Waals surface area contributed by atoms with E-state index in [1.807, 2.05) is 24.3 Å². The number of furan rings is 1. The maximum absolute atomic E-state index is 6.19. The Balaban J connectivity index is 1.44. The maximum Gasteiger partial charge on any atom is 0.231 e. The van der Waals surface area contributed by atoms with Crippen LogP contribution in [0.25, 0.3) is 28.1 Å². The number of aromatic nitrogens is 4. The summed E-state index contributed by atoms with van der Waals surface area (Å²) < 4.78 is 24.6. The first-order valence-corrected chi connectivity index (χ1v) is 11.2. The van der Waals surface area contributed by atoms with E-state index in [4.69, 9.17) is 18.6 Å². The predicted molar refractivity (Wildman–Crippen MR) is 124 cm³/mol. The Kier molecular flexibility index (Phi) is 6.38. The van der Waals surface area contributed by atoms with Crippen molar-refractivity contribution in [2.75, 3.05) is 58.1 Å². The Morgan fingerprint density at radius 2 is 2.21 bits per heavy atom. The molecule has 1 aliphatic heterocycles. The zero-order valence-electron chi connectivity index (χ0n) is 18.9. The Morgan fingerprint density at radius 3 is 3.03 bits per heavy atom. The average molecular weight is 453 g/mol. The second-order valence-electron chi connectivity index (χ2n) is 7.85. The van der Waals surface area contributed by atoms with Gasteiger partial charge >= 0.3 is 0 Å². The van der Waals surface area contributed by atoms with E-state index in [0.717, 1.165) is 48.7 Å². The highest BCUT2D eigenvalue weighted by molar-refractivity contribution is 5.91. The third-order valence-electron chi connectivity index (χ3n) is 5.69. The summed E-state index contributed by atoms with van der Waals surface area (Å²) in [7, 11) is 1.70. The molecule has 0 saturated carbocycles. The Bertz CT molecular complexity index is 1220. The maximum atomic E-state index is 6.19. The number of anilines is 1. The zero-order valence-corrected chi connectivity index (χ0v) is 18.9. The molecule has 4 aromatic heterocycles. The van der Waals surface area contributed by atoms with Gasteiger partial charge in [-0.3, -0.25) is 0 Å². The SMILES string of the molecule is CCN(CCOC)c1nccc2oc(-c3cnc4ccc(OC[C@H]5COCCN5)nn34)cc12. The molecule has 174 valence electrons. The topological polar surface area (TPSA) is 99.2 Å². The van der Waals surface area contributed by atoms with Crippen LogP contribution in [0.3, 0.4) is 0 Å². The Labute approximate surface area is 191 Å². The highest BCUT2D eigenvalue weighted by Gasteiger charge is 2.18. The van der Waals surface area contributed by atoms with E-state index in [2.05, 4.69) is 32.2 Å². The van der Waals surface area contributed by atoms with E-state index >= 15 is 0 Å². The summed E-state index contributed by atoms with van der Waals surface area (Å²) in [5, 5.41) is 8.96. The first-order valence-electron chi connectivity index (χ1n) is 11.2. The van der Waals surface area contributed by atoms with Crippen molar-refractivity contribution in [2.45, 2.75) is 13.0 Å². The second-order valence-corrected chi connectivity index (χ2v) is 7.85. The second kappa shape index (κ2) is 9.74. The number of nitrogens with zero attached hydrogens (tertiary/aromatic N) is 5. The number of hydrogen-bond acceptors (Lipinski definition) is 9. The van der Waals surface area contributed by atoms with Crippen LogP contribution >= 0.6 is 0 Å². The number of fused-ring (bicyclic) bond motifs is 2. The minimum absolute atomic E-state index is 0.152. The van der Waals surface area contributed by atoms with Crippen molar-refractivity contribution < 1.29 is 18.6 Å². The fourth-order valence-corrected chi connectivity index (χ4v) is 3.96. The van der Waals surface area contributed by atoms with E-state index in [1.54, 1.807) is 24.0 Å². The van der Waals surface area contributed by atoms with Crippen LogP contribution in [0.4, 0.5) is 5.82 Å². The lowest BCUT2D eigenvalue weighted by atomic mass is 10.2. The van der Waals surface area contributed by atoms with Crippen LogP contribution in [0.1, 0.15) is 6.92 Å². The van der Waals surface area contributed by atoms with Crippen molar-refractivity contribution in [1.82, 2.24) is 24.9 Å². The molecule has 1 saturated heterocycles. The van der Waals surface area contributed by atoms with Gasteiger partial charge in [-0.05, 0) is 25.1 Å². The molecular weight excluding hydrogens is 424 g/mol. The van der Waals surface area contributed by atoms with Gasteiger partial charge in [-0.2, -0.15) is 0 Å². The molecule has 5 rings (SSSR count). The van der Waals surface area contributed by atoms with Gasteiger partial charge in [-0.15, -0.1) is 5.10 Å². The summed E-state index contributed by atoms with van der Waals surface area (Å²) in [4.78, 5) is 11.3. The molecule has 0 aromatic carbocycles. The standard InChI is InChI=1S/C23H28N6O4/c1-3-28(9-11-30-2)23-17-12-20(33-19(17)6-7-25-23)18-13-26-21-4-5-22(27-29(18)21)32-15-16-14-31-10-8-24-16/h4-7,12-13,16,24H,3,8-11,14-15H2,1-2H3/t16-/m1/s1. The molecule has 1 N–H and O–H groups in total. The molecule has 1 fully saturated rings. The van der Waals surface area contributed by atoms with Crippen molar-refractivity contribution >= 4 is 22.4 Å². The van der Waals surface area contributed by atoms with E-state index in [0.29, 0.717) is 37.1 Å². The van der Waals surface area contributed by atoms with Crippen molar-refractivity contribution in [3.05, 3.63) is 36.7 Å². The van der Waals surface area contributed by atoms with Crippen molar-refractivity contribution in [2.24, 2.45) is 0 Å². The fourth-order valence-electron chi connectivity index (χ4n) is 3.96. The number of likely N-dealkylation sites (N-methyl/N-ethyl adjacent to an activating group) is 1. The van der Waals surface area contributed by atoms with E-state index in [1.165, 1.54) is 0 Å². The predicted octanol–water partition coefficient (Wildman–Crippen LogP) is 2.38. The molecule has 10 nitrogen and oxygen atoms in total. The molecule has 5 heterocycles. The lowest BCUT2D eigenvalue weighted by Crippen LogP contribution is -2.44.